The van der Waals surface area contributed by atoms with Gasteiger partial charge in [-0.15, -0.1) is 0 Å². The highest BCUT2D eigenvalue weighted by Crippen LogP contribution is 2.19. The number of benzene rings is 3. The Morgan fingerprint density at radius 1 is 0.854 bits per heavy atom. The second-order valence-corrected chi connectivity index (χ2v) is 12.8. The highest BCUT2D eigenvalue weighted by molar-refractivity contribution is 5.99. The van der Waals surface area contributed by atoms with Gasteiger partial charge >= 0.3 is 5.97 Å². The maximum atomic E-state index is 13.9. The van der Waals surface area contributed by atoms with Gasteiger partial charge in [0.2, 0.25) is 0 Å². The van der Waals surface area contributed by atoms with Gasteiger partial charge in [-0.05, 0) is 80.0 Å². The number of hydrogen-bond acceptors (Lipinski definition) is 7. The zero-order valence-electron chi connectivity index (χ0n) is 28.4. The van der Waals surface area contributed by atoms with Gasteiger partial charge in [-0.2, -0.15) is 0 Å². The smallest absolute Gasteiger partial charge is 0.323 e. The molecule has 0 radical (unpaired) electrons. The monoisotopic (exact) mass is 656 g/mol. The first-order valence-electron chi connectivity index (χ1n) is 17.5. The predicted molar refractivity (Wildman–Crippen MR) is 189 cm³/mol. The molecule has 0 aromatic heterocycles. The van der Waals surface area contributed by atoms with Crippen LogP contribution in [0.4, 0.5) is 0 Å². The Labute approximate surface area is 285 Å². The lowest BCUT2D eigenvalue weighted by Gasteiger charge is -2.32. The van der Waals surface area contributed by atoms with Crippen molar-refractivity contribution in [2.75, 3.05) is 19.6 Å². The van der Waals surface area contributed by atoms with E-state index >= 15 is 0 Å². The number of amides is 2. The summed E-state index contributed by atoms with van der Waals surface area (Å²) in [4.78, 5) is 42.6. The first kappa shape index (κ1) is 36.6. The van der Waals surface area contributed by atoms with Crippen molar-refractivity contribution >= 4 is 17.8 Å². The molecule has 3 aromatic carbocycles. The summed E-state index contributed by atoms with van der Waals surface area (Å²) in [7, 11) is 0. The van der Waals surface area contributed by atoms with Crippen molar-refractivity contribution in [1.29, 1.82) is 0 Å². The van der Waals surface area contributed by atoms with Crippen molar-refractivity contribution < 1.29 is 24.2 Å². The van der Waals surface area contributed by atoms with Gasteiger partial charge in [-0.1, -0.05) is 81.6 Å². The molecule has 3 aromatic rings. The molecule has 3 atom stereocenters. The topological polar surface area (TPSA) is 134 Å². The zero-order valence-corrected chi connectivity index (χ0v) is 28.4. The van der Waals surface area contributed by atoms with Crippen LogP contribution < -0.4 is 16.4 Å². The number of phenols is 1. The lowest BCUT2D eigenvalue weighted by atomic mass is 9.94. The second kappa shape index (κ2) is 19.0. The van der Waals surface area contributed by atoms with Crippen LogP contribution in [0, 0.1) is 0 Å². The average molecular weight is 657 g/mol. The number of nitrogens with zero attached hydrogens (tertiary/aromatic N) is 1. The zero-order chi connectivity index (χ0) is 34.3. The quantitative estimate of drug-likeness (QED) is 0.143. The molecule has 1 fully saturated rings. The molecule has 4 rings (SSSR count). The number of rotatable bonds is 17. The number of ether oxygens (including phenoxy) is 1. The van der Waals surface area contributed by atoms with Crippen molar-refractivity contribution in [2.24, 2.45) is 5.73 Å². The molecular formula is C39H52N4O5. The summed E-state index contributed by atoms with van der Waals surface area (Å²) in [5.74, 6) is -0.877. The van der Waals surface area contributed by atoms with Gasteiger partial charge in [0.1, 0.15) is 17.9 Å². The van der Waals surface area contributed by atoms with Crippen LogP contribution in [0.25, 0.3) is 0 Å². The van der Waals surface area contributed by atoms with Crippen LogP contribution in [0.15, 0.2) is 78.9 Å². The molecule has 0 bridgehead atoms. The molecule has 9 heteroatoms. The Balaban J connectivity index is 1.58. The van der Waals surface area contributed by atoms with Gasteiger partial charge < -0.3 is 31.1 Å². The maximum absolute atomic E-state index is 13.9. The summed E-state index contributed by atoms with van der Waals surface area (Å²) in [6.45, 7) is 5.73. The summed E-state index contributed by atoms with van der Waals surface area (Å²) in [5, 5.41) is 16.4. The number of nitrogens with two attached hydrogens (primary N) is 1. The largest absolute Gasteiger partial charge is 0.508 e. The number of aromatic hydroxyl groups is 1. The van der Waals surface area contributed by atoms with Gasteiger partial charge in [-0.3, -0.25) is 14.4 Å². The van der Waals surface area contributed by atoms with E-state index in [1.165, 1.54) is 6.42 Å². The standard InChI is InChI=1S/C39H52N4O5/c1-3-22-43(23-4-2)38(46)31-15-11-14-30(26-31)37(45)42-35(25-28-12-7-5-8-13-28)36(27-41-32-16-9-6-10-17-32)48-39(47)34(40)24-29-18-20-33(44)21-19-29/h5,7-8,11-15,18-21,26,32,34-36,41,44H,3-4,6,9-10,16-17,22-25,27,40H2,1-2H3,(H,42,45)/t34-,35-,36+/m0/s1. The molecule has 9 nitrogen and oxygen atoms in total. The van der Waals surface area contributed by atoms with Crippen LogP contribution in [0.3, 0.4) is 0 Å². The highest BCUT2D eigenvalue weighted by atomic mass is 16.5. The number of hydrogen-bond donors (Lipinski definition) is 4. The summed E-state index contributed by atoms with van der Waals surface area (Å²) in [6.07, 6.45) is 7.24. The average Bonchev–Trinajstić information content (AvgIpc) is 3.11. The van der Waals surface area contributed by atoms with E-state index in [0.717, 1.165) is 49.7 Å². The van der Waals surface area contributed by atoms with Gasteiger partial charge in [-0.25, -0.2) is 0 Å². The third kappa shape index (κ3) is 11.2. The Kier molecular flexibility index (Phi) is 14.5. The number of phenolic OH excluding ortho intramolecular Hbond substituents is 1. The molecule has 48 heavy (non-hydrogen) atoms. The number of esters is 1. The second-order valence-electron chi connectivity index (χ2n) is 12.8. The molecule has 0 saturated heterocycles. The van der Waals surface area contributed by atoms with Crippen LogP contribution in [0.5, 0.6) is 5.75 Å². The van der Waals surface area contributed by atoms with Crippen molar-refractivity contribution in [3.8, 4) is 5.75 Å². The Bertz CT molecular complexity index is 1440. The number of carbonyl (C=O) groups is 3. The van der Waals surface area contributed by atoms with Crippen LogP contribution in [0.1, 0.15) is 90.6 Å². The minimum atomic E-state index is -0.934. The van der Waals surface area contributed by atoms with Crippen molar-refractivity contribution in [3.05, 3.63) is 101 Å². The van der Waals surface area contributed by atoms with Crippen LogP contribution >= 0.6 is 0 Å². The molecule has 2 amide bonds. The lowest BCUT2D eigenvalue weighted by molar-refractivity contribution is -0.152. The fraction of sp³-hybridized carbons (Fsp3) is 0.462. The van der Waals surface area contributed by atoms with Crippen LogP contribution in [0.2, 0.25) is 0 Å². The van der Waals surface area contributed by atoms with Crippen molar-refractivity contribution in [2.45, 2.75) is 95.9 Å². The summed E-state index contributed by atoms with van der Waals surface area (Å²) in [6, 6.07) is 22.0. The molecular weight excluding hydrogens is 604 g/mol. The maximum Gasteiger partial charge on any atom is 0.323 e. The summed E-state index contributed by atoms with van der Waals surface area (Å²) >= 11 is 0. The minimum Gasteiger partial charge on any atom is -0.508 e. The first-order chi connectivity index (χ1) is 23.3. The Hall–Kier alpha value is -4.21. The molecule has 5 N–H and O–H groups in total. The molecule has 0 heterocycles. The molecule has 0 unspecified atom stereocenters. The van der Waals surface area contributed by atoms with Crippen molar-refractivity contribution in [1.82, 2.24) is 15.5 Å². The van der Waals surface area contributed by atoms with E-state index in [1.54, 1.807) is 48.5 Å². The SMILES string of the molecule is CCCN(CCC)C(=O)c1cccc(C(=O)N[C@@H](Cc2ccccc2)[C@@H](CNC2CCCCC2)OC(=O)[C@@H](N)Cc2ccc(O)cc2)c1. The highest BCUT2D eigenvalue weighted by Gasteiger charge is 2.31. The van der Waals surface area contributed by atoms with E-state index in [1.807, 2.05) is 49.1 Å². The van der Waals surface area contributed by atoms with Gasteiger partial charge in [0.05, 0.1) is 6.04 Å². The molecule has 1 saturated carbocycles. The minimum absolute atomic E-state index is 0.0970. The molecule has 1 aliphatic carbocycles. The number of nitrogens with one attached hydrogen (secondary N) is 2. The van der Waals surface area contributed by atoms with E-state index in [2.05, 4.69) is 10.6 Å². The van der Waals surface area contributed by atoms with Gasteiger partial charge in [0.25, 0.3) is 11.8 Å². The third-order valence-corrected chi connectivity index (χ3v) is 8.88. The molecule has 0 aliphatic heterocycles. The van der Waals surface area contributed by atoms with E-state index in [-0.39, 0.29) is 24.0 Å². The molecule has 1 aliphatic rings. The van der Waals surface area contributed by atoms with E-state index < -0.39 is 24.2 Å². The fourth-order valence-corrected chi connectivity index (χ4v) is 6.29. The summed E-state index contributed by atoms with van der Waals surface area (Å²) in [5.41, 5.74) is 8.96. The van der Waals surface area contributed by atoms with Crippen LogP contribution in [-0.4, -0.2) is 71.7 Å². The van der Waals surface area contributed by atoms with Crippen molar-refractivity contribution in [3.63, 3.8) is 0 Å². The summed E-state index contributed by atoms with van der Waals surface area (Å²) < 4.78 is 6.17. The molecule has 258 valence electrons. The van der Waals surface area contributed by atoms with E-state index in [0.29, 0.717) is 43.2 Å². The lowest BCUT2D eigenvalue weighted by Crippen LogP contribution is -2.53. The predicted octanol–water partition coefficient (Wildman–Crippen LogP) is 5.40. The van der Waals surface area contributed by atoms with E-state index in [9.17, 15) is 19.5 Å². The van der Waals surface area contributed by atoms with E-state index in [4.69, 9.17) is 10.5 Å². The van der Waals surface area contributed by atoms with Gasteiger partial charge in [0.15, 0.2) is 0 Å². The Morgan fingerprint density at radius 3 is 2.17 bits per heavy atom. The molecule has 0 spiro atoms. The van der Waals surface area contributed by atoms with Crippen LogP contribution in [-0.2, 0) is 22.4 Å². The normalized spacial score (nSPS) is 15.2. The number of carbonyl (C=O) groups excluding carboxylic acids is 3. The van der Waals surface area contributed by atoms with Gasteiger partial charge in [0, 0.05) is 36.8 Å². The third-order valence-electron chi connectivity index (χ3n) is 8.88. The first-order valence-corrected chi connectivity index (χ1v) is 17.5. The fourth-order valence-electron chi connectivity index (χ4n) is 6.29. The Morgan fingerprint density at radius 2 is 1.50 bits per heavy atom.